The van der Waals surface area contributed by atoms with Crippen LogP contribution in [0.1, 0.15) is 17.3 Å². The Morgan fingerprint density at radius 1 is 1.26 bits per heavy atom. The molecule has 0 aliphatic heterocycles. The van der Waals surface area contributed by atoms with E-state index in [0.29, 0.717) is 11.7 Å². The molecule has 0 saturated carbocycles. The lowest BCUT2D eigenvalue weighted by atomic mass is 10.1. The Labute approximate surface area is 141 Å². The molecular formula is C16H14FN3OS2. The van der Waals surface area contributed by atoms with Gasteiger partial charge in [0.2, 0.25) is 0 Å². The molecule has 0 radical (unpaired) electrons. The van der Waals surface area contributed by atoms with Crippen LogP contribution in [0.3, 0.4) is 0 Å². The van der Waals surface area contributed by atoms with Crippen LogP contribution in [0.4, 0.5) is 4.39 Å². The summed E-state index contributed by atoms with van der Waals surface area (Å²) in [6, 6.07) is 9.97. The topological polar surface area (TPSA) is 47.8 Å². The Bertz CT molecular complexity index is 815. The van der Waals surface area contributed by atoms with E-state index >= 15 is 0 Å². The van der Waals surface area contributed by atoms with Crippen molar-refractivity contribution < 1.29 is 9.18 Å². The molecule has 0 amide bonds. The van der Waals surface area contributed by atoms with Gasteiger partial charge in [0.1, 0.15) is 5.82 Å². The SMILES string of the molecule is CCn1c(SCC(=O)c2ccccc2F)nnc1-c1cccs1. The number of hydrogen-bond donors (Lipinski definition) is 0. The molecule has 0 saturated heterocycles. The Morgan fingerprint density at radius 3 is 2.78 bits per heavy atom. The highest BCUT2D eigenvalue weighted by Crippen LogP contribution is 2.27. The van der Waals surface area contributed by atoms with Gasteiger partial charge in [0.05, 0.1) is 16.2 Å². The van der Waals surface area contributed by atoms with Crippen molar-refractivity contribution >= 4 is 28.9 Å². The van der Waals surface area contributed by atoms with Gasteiger partial charge in [0.15, 0.2) is 16.8 Å². The van der Waals surface area contributed by atoms with Crippen LogP contribution in [0.25, 0.3) is 10.7 Å². The Hall–Kier alpha value is -1.99. The molecule has 2 heterocycles. The highest BCUT2D eigenvalue weighted by Gasteiger charge is 2.17. The van der Waals surface area contributed by atoms with Crippen molar-refractivity contribution in [2.45, 2.75) is 18.6 Å². The fourth-order valence-corrected chi connectivity index (χ4v) is 3.77. The number of carbonyl (C=O) groups is 1. The molecule has 0 N–H and O–H groups in total. The van der Waals surface area contributed by atoms with Gasteiger partial charge in [-0.2, -0.15) is 0 Å². The zero-order valence-electron chi connectivity index (χ0n) is 12.4. The second-order valence-electron chi connectivity index (χ2n) is 4.72. The second kappa shape index (κ2) is 7.06. The lowest BCUT2D eigenvalue weighted by Crippen LogP contribution is -2.07. The molecule has 23 heavy (non-hydrogen) atoms. The summed E-state index contributed by atoms with van der Waals surface area (Å²) >= 11 is 2.87. The van der Waals surface area contributed by atoms with Gasteiger partial charge in [-0.3, -0.25) is 4.79 Å². The third-order valence-electron chi connectivity index (χ3n) is 3.28. The molecule has 118 valence electrons. The van der Waals surface area contributed by atoms with Gasteiger partial charge in [-0.1, -0.05) is 30.0 Å². The van der Waals surface area contributed by atoms with Gasteiger partial charge in [-0.25, -0.2) is 4.39 Å². The van der Waals surface area contributed by atoms with E-state index < -0.39 is 5.82 Å². The van der Waals surface area contributed by atoms with Crippen molar-refractivity contribution in [3.63, 3.8) is 0 Å². The van der Waals surface area contributed by atoms with E-state index in [9.17, 15) is 9.18 Å². The van der Waals surface area contributed by atoms with Crippen LogP contribution in [0.5, 0.6) is 0 Å². The largest absolute Gasteiger partial charge is 0.302 e. The van der Waals surface area contributed by atoms with Gasteiger partial charge in [0.25, 0.3) is 0 Å². The number of rotatable bonds is 6. The number of thiophene rings is 1. The molecule has 3 rings (SSSR count). The van der Waals surface area contributed by atoms with Crippen LogP contribution in [0.15, 0.2) is 46.9 Å². The van der Waals surface area contributed by atoms with E-state index in [2.05, 4.69) is 10.2 Å². The molecule has 0 atom stereocenters. The van der Waals surface area contributed by atoms with E-state index in [-0.39, 0.29) is 17.1 Å². The predicted molar refractivity (Wildman–Crippen MR) is 90.5 cm³/mol. The average Bonchev–Trinajstić information content (AvgIpc) is 3.21. The van der Waals surface area contributed by atoms with Crippen molar-refractivity contribution in [1.29, 1.82) is 0 Å². The first-order valence-corrected chi connectivity index (χ1v) is 8.94. The van der Waals surface area contributed by atoms with E-state index in [1.54, 1.807) is 23.5 Å². The normalized spacial score (nSPS) is 10.9. The number of Topliss-reactive ketones (excluding diaryl/α,β-unsaturated/α-hetero) is 1. The van der Waals surface area contributed by atoms with E-state index in [1.807, 2.05) is 29.0 Å². The molecule has 0 aliphatic rings. The third-order valence-corrected chi connectivity index (χ3v) is 5.11. The summed E-state index contributed by atoms with van der Waals surface area (Å²) in [5.74, 6) is 0.179. The highest BCUT2D eigenvalue weighted by atomic mass is 32.2. The molecule has 1 aromatic carbocycles. The van der Waals surface area contributed by atoms with Crippen LogP contribution < -0.4 is 0 Å². The first-order valence-electron chi connectivity index (χ1n) is 7.08. The summed E-state index contributed by atoms with van der Waals surface area (Å²) < 4.78 is 15.6. The van der Waals surface area contributed by atoms with Crippen LogP contribution in [-0.4, -0.2) is 26.3 Å². The van der Waals surface area contributed by atoms with Crippen molar-refractivity contribution in [3.05, 3.63) is 53.2 Å². The number of ketones is 1. The van der Waals surface area contributed by atoms with Crippen molar-refractivity contribution in [2.75, 3.05) is 5.75 Å². The van der Waals surface area contributed by atoms with Gasteiger partial charge in [-0.05, 0) is 30.5 Å². The van der Waals surface area contributed by atoms with Gasteiger partial charge < -0.3 is 4.57 Å². The maximum atomic E-state index is 13.6. The van der Waals surface area contributed by atoms with Crippen LogP contribution in [0.2, 0.25) is 0 Å². The molecule has 0 bridgehead atoms. The van der Waals surface area contributed by atoms with Crippen molar-refractivity contribution in [2.24, 2.45) is 0 Å². The van der Waals surface area contributed by atoms with E-state index in [4.69, 9.17) is 0 Å². The van der Waals surface area contributed by atoms with Gasteiger partial charge >= 0.3 is 0 Å². The van der Waals surface area contributed by atoms with Gasteiger partial charge in [0, 0.05) is 6.54 Å². The number of thioether (sulfide) groups is 1. The predicted octanol–water partition coefficient (Wildman–Crippen LogP) is 4.14. The Balaban J connectivity index is 1.76. The smallest absolute Gasteiger partial charge is 0.191 e. The minimum absolute atomic E-state index is 0.112. The fourth-order valence-electron chi connectivity index (χ4n) is 2.16. The maximum absolute atomic E-state index is 13.6. The number of carbonyl (C=O) groups excluding carboxylic acids is 1. The van der Waals surface area contributed by atoms with Crippen LogP contribution in [-0.2, 0) is 6.54 Å². The molecule has 0 unspecified atom stereocenters. The van der Waals surface area contributed by atoms with E-state index in [1.165, 1.54) is 23.9 Å². The number of aromatic nitrogens is 3. The van der Waals surface area contributed by atoms with Crippen molar-refractivity contribution in [1.82, 2.24) is 14.8 Å². The molecule has 0 aliphatic carbocycles. The van der Waals surface area contributed by atoms with Crippen LogP contribution in [0, 0.1) is 5.82 Å². The third kappa shape index (κ3) is 3.35. The minimum atomic E-state index is -0.491. The van der Waals surface area contributed by atoms with Gasteiger partial charge in [-0.15, -0.1) is 21.5 Å². The summed E-state index contributed by atoms with van der Waals surface area (Å²) in [6.07, 6.45) is 0. The molecular weight excluding hydrogens is 333 g/mol. The summed E-state index contributed by atoms with van der Waals surface area (Å²) in [5.41, 5.74) is 0.112. The molecule has 4 nitrogen and oxygen atoms in total. The first kappa shape index (κ1) is 15.9. The number of halogens is 1. The summed E-state index contributed by atoms with van der Waals surface area (Å²) in [5, 5.41) is 11.0. The lowest BCUT2D eigenvalue weighted by molar-refractivity contribution is 0.101. The zero-order valence-corrected chi connectivity index (χ0v) is 14.0. The number of nitrogens with zero attached hydrogens (tertiary/aromatic N) is 3. The Morgan fingerprint density at radius 2 is 2.09 bits per heavy atom. The molecule has 7 heteroatoms. The second-order valence-corrected chi connectivity index (χ2v) is 6.61. The lowest BCUT2D eigenvalue weighted by Gasteiger charge is -2.06. The minimum Gasteiger partial charge on any atom is -0.302 e. The average molecular weight is 347 g/mol. The van der Waals surface area contributed by atoms with Crippen LogP contribution >= 0.6 is 23.1 Å². The first-order chi connectivity index (χ1) is 11.2. The highest BCUT2D eigenvalue weighted by molar-refractivity contribution is 7.99. The maximum Gasteiger partial charge on any atom is 0.191 e. The zero-order chi connectivity index (χ0) is 16.2. The summed E-state index contributed by atoms with van der Waals surface area (Å²) in [4.78, 5) is 13.2. The number of benzene rings is 1. The summed E-state index contributed by atoms with van der Waals surface area (Å²) in [7, 11) is 0. The standard InChI is InChI=1S/C16H14FN3OS2/c1-2-20-15(14-8-5-9-22-14)18-19-16(20)23-10-13(21)11-6-3-4-7-12(11)17/h3-9H,2,10H2,1H3. The quantitative estimate of drug-likeness (QED) is 0.497. The van der Waals surface area contributed by atoms with E-state index in [0.717, 1.165) is 10.7 Å². The summed E-state index contributed by atoms with van der Waals surface area (Å²) in [6.45, 7) is 2.71. The monoisotopic (exact) mass is 347 g/mol. The van der Waals surface area contributed by atoms with Crippen molar-refractivity contribution in [3.8, 4) is 10.7 Å². The molecule has 2 aromatic heterocycles. The molecule has 0 fully saturated rings. The fraction of sp³-hybridized carbons (Fsp3) is 0.188. The number of hydrogen-bond acceptors (Lipinski definition) is 5. The Kier molecular flexibility index (Phi) is 4.88. The molecule has 3 aromatic rings. The molecule has 0 spiro atoms.